The number of likely N-dealkylation sites (tertiary alicyclic amines) is 1. The Bertz CT molecular complexity index is 310. The van der Waals surface area contributed by atoms with Gasteiger partial charge in [0.05, 0.1) is 0 Å². The fraction of sp³-hybridized carbons (Fsp3) is 0.786. The summed E-state index contributed by atoms with van der Waals surface area (Å²) in [5, 5.41) is 7.92. The lowest BCUT2D eigenvalue weighted by atomic mass is 10.1. The van der Waals surface area contributed by atoms with Gasteiger partial charge in [0, 0.05) is 25.0 Å². The van der Waals surface area contributed by atoms with Crippen LogP contribution < -0.4 is 5.32 Å². The molecule has 4 heteroatoms. The van der Waals surface area contributed by atoms with Gasteiger partial charge < -0.3 is 10.2 Å². The average Bonchev–Trinajstić information content (AvgIpc) is 2.80. The number of aromatic nitrogens is 2. The van der Waals surface area contributed by atoms with Gasteiger partial charge in [-0.1, -0.05) is 6.92 Å². The zero-order valence-electron chi connectivity index (χ0n) is 11.5. The molecule has 1 aliphatic heterocycles. The van der Waals surface area contributed by atoms with E-state index in [0.29, 0.717) is 0 Å². The van der Waals surface area contributed by atoms with Crippen LogP contribution in [0.1, 0.15) is 32.6 Å². The van der Waals surface area contributed by atoms with E-state index >= 15 is 0 Å². The molecule has 0 saturated carbocycles. The lowest BCUT2D eigenvalue weighted by Gasteiger charge is -2.18. The highest BCUT2D eigenvalue weighted by Gasteiger charge is 2.14. The first-order chi connectivity index (χ1) is 8.88. The molecule has 0 bridgehead atoms. The number of hydrogen-bond donors (Lipinski definition) is 1. The summed E-state index contributed by atoms with van der Waals surface area (Å²) < 4.78 is 2.01. The van der Waals surface area contributed by atoms with Gasteiger partial charge in [0.25, 0.3) is 0 Å². The minimum absolute atomic E-state index is 0.721. The molecule has 0 amide bonds. The van der Waals surface area contributed by atoms with Crippen LogP contribution in [0.5, 0.6) is 0 Å². The van der Waals surface area contributed by atoms with Crippen LogP contribution in [0.2, 0.25) is 0 Å². The Morgan fingerprint density at radius 3 is 3.06 bits per heavy atom. The van der Waals surface area contributed by atoms with Gasteiger partial charge in [0.15, 0.2) is 0 Å². The van der Waals surface area contributed by atoms with Crippen LogP contribution in [0.25, 0.3) is 0 Å². The third-order valence-corrected chi connectivity index (χ3v) is 3.82. The quantitative estimate of drug-likeness (QED) is 0.781. The molecule has 1 aromatic heterocycles. The molecule has 2 heterocycles. The molecule has 1 unspecified atom stereocenters. The Labute approximate surface area is 110 Å². The predicted octanol–water partition coefficient (Wildman–Crippen LogP) is 1.74. The Hall–Kier alpha value is -0.870. The van der Waals surface area contributed by atoms with E-state index in [1.165, 1.54) is 38.9 Å². The molecule has 0 aliphatic carbocycles. The second-order valence-electron chi connectivity index (χ2n) is 5.14. The highest BCUT2D eigenvalue weighted by molar-refractivity contribution is 4.78. The van der Waals surface area contributed by atoms with Crippen LogP contribution in [0.4, 0.5) is 0 Å². The van der Waals surface area contributed by atoms with Crippen LogP contribution >= 0.6 is 0 Å². The molecular weight excluding hydrogens is 224 g/mol. The molecule has 2 rings (SSSR count). The molecule has 0 spiro atoms. The maximum Gasteiger partial charge on any atom is 0.0489 e. The molecule has 102 valence electrons. The van der Waals surface area contributed by atoms with Crippen molar-refractivity contribution in [3.05, 3.63) is 18.5 Å². The minimum atomic E-state index is 0.721. The lowest BCUT2D eigenvalue weighted by molar-refractivity contribution is 0.297. The van der Waals surface area contributed by atoms with Crippen molar-refractivity contribution in [1.29, 1.82) is 0 Å². The first-order valence-electron chi connectivity index (χ1n) is 7.31. The van der Waals surface area contributed by atoms with E-state index in [1.54, 1.807) is 0 Å². The number of rotatable bonds is 6. The van der Waals surface area contributed by atoms with Crippen LogP contribution in [-0.2, 0) is 6.54 Å². The second kappa shape index (κ2) is 7.54. The molecule has 1 aromatic rings. The first-order valence-corrected chi connectivity index (χ1v) is 7.31. The predicted molar refractivity (Wildman–Crippen MR) is 74.6 cm³/mol. The Balaban J connectivity index is 1.58. The van der Waals surface area contributed by atoms with Crippen molar-refractivity contribution in [2.45, 2.75) is 45.2 Å². The molecule has 1 saturated heterocycles. The van der Waals surface area contributed by atoms with E-state index in [9.17, 15) is 0 Å². The topological polar surface area (TPSA) is 33.1 Å². The Morgan fingerprint density at radius 1 is 1.33 bits per heavy atom. The van der Waals surface area contributed by atoms with E-state index in [4.69, 9.17) is 0 Å². The maximum absolute atomic E-state index is 4.22. The van der Waals surface area contributed by atoms with Crippen LogP contribution in [0, 0.1) is 0 Å². The summed E-state index contributed by atoms with van der Waals surface area (Å²) in [6.07, 6.45) is 9.01. The van der Waals surface area contributed by atoms with E-state index in [-0.39, 0.29) is 0 Å². The van der Waals surface area contributed by atoms with Crippen molar-refractivity contribution in [2.24, 2.45) is 0 Å². The van der Waals surface area contributed by atoms with Crippen LogP contribution in [0.15, 0.2) is 18.5 Å². The summed E-state index contributed by atoms with van der Waals surface area (Å²) in [6, 6.07) is 2.71. The molecule has 0 radical (unpaired) electrons. The summed E-state index contributed by atoms with van der Waals surface area (Å²) in [4.78, 5) is 2.56. The highest BCUT2D eigenvalue weighted by Crippen LogP contribution is 2.10. The molecule has 1 N–H and O–H groups in total. The standard InChI is InChI=1S/C14H26N4/c1-2-17-10-3-6-14(7-13-17)15-8-4-11-18-12-5-9-16-18/h5,9,12,14-15H,2-4,6-8,10-11,13H2,1H3. The SMILES string of the molecule is CCN1CCCC(NCCCn2cccn2)CC1. The van der Waals surface area contributed by atoms with E-state index < -0.39 is 0 Å². The summed E-state index contributed by atoms with van der Waals surface area (Å²) in [6.45, 7) is 8.13. The molecular formula is C14H26N4. The van der Waals surface area contributed by atoms with Gasteiger partial charge in [0.1, 0.15) is 0 Å². The van der Waals surface area contributed by atoms with Crippen LogP contribution in [-0.4, -0.2) is 46.9 Å². The van der Waals surface area contributed by atoms with Crippen molar-refractivity contribution in [2.75, 3.05) is 26.2 Å². The normalized spacial score (nSPS) is 21.9. The second-order valence-corrected chi connectivity index (χ2v) is 5.14. The van der Waals surface area contributed by atoms with Crippen molar-refractivity contribution >= 4 is 0 Å². The molecule has 1 aliphatic rings. The molecule has 4 nitrogen and oxygen atoms in total. The fourth-order valence-electron chi connectivity index (χ4n) is 2.66. The third kappa shape index (κ3) is 4.42. The first kappa shape index (κ1) is 13.6. The molecule has 18 heavy (non-hydrogen) atoms. The summed E-state index contributed by atoms with van der Waals surface area (Å²) in [7, 11) is 0. The van der Waals surface area contributed by atoms with Gasteiger partial charge in [-0.3, -0.25) is 4.68 Å². The fourth-order valence-corrected chi connectivity index (χ4v) is 2.66. The summed E-state index contributed by atoms with van der Waals surface area (Å²) in [5.41, 5.74) is 0. The summed E-state index contributed by atoms with van der Waals surface area (Å²) in [5.74, 6) is 0. The van der Waals surface area contributed by atoms with Crippen LogP contribution in [0.3, 0.4) is 0 Å². The van der Waals surface area contributed by atoms with Gasteiger partial charge >= 0.3 is 0 Å². The van der Waals surface area contributed by atoms with E-state index in [2.05, 4.69) is 22.2 Å². The van der Waals surface area contributed by atoms with Crippen molar-refractivity contribution < 1.29 is 0 Å². The lowest BCUT2D eigenvalue weighted by Crippen LogP contribution is -2.32. The highest BCUT2D eigenvalue weighted by atomic mass is 15.3. The number of aryl methyl sites for hydroxylation is 1. The smallest absolute Gasteiger partial charge is 0.0489 e. The van der Waals surface area contributed by atoms with Gasteiger partial charge in [-0.2, -0.15) is 5.10 Å². The Morgan fingerprint density at radius 2 is 2.28 bits per heavy atom. The van der Waals surface area contributed by atoms with E-state index in [1.807, 2.05) is 23.1 Å². The zero-order chi connectivity index (χ0) is 12.6. The van der Waals surface area contributed by atoms with Gasteiger partial charge in [-0.05, 0) is 57.9 Å². The maximum atomic E-state index is 4.22. The number of hydrogen-bond acceptors (Lipinski definition) is 3. The molecule has 1 atom stereocenters. The van der Waals surface area contributed by atoms with Gasteiger partial charge in [-0.15, -0.1) is 0 Å². The van der Waals surface area contributed by atoms with E-state index in [0.717, 1.165) is 25.6 Å². The minimum Gasteiger partial charge on any atom is -0.314 e. The summed E-state index contributed by atoms with van der Waals surface area (Å²) >= 11 is 0. The monoisotopic (exact) mass is 250 g/mol. The third-order valence-electron chi connectivity index (χ3n) is 3.82. The molecule has 1 fully saturated rings. The average molecular weight is 250 g/mol. The number of nitrogens with zero attached hydrogens (tertiary/aromatic N) is 3. The zero-order valence-corrected chi connectivity index (χ0v) is 11.5. The van der Waals surface area contributed by atoms with Gasteiger partial charge in [-0.25, -0.2) is 0 Å². The van der Waals surface area contributed by atoms with Gasteiger partial charge in [0.2, 0.25) is 0 Å². The van der Waals surface area contributed by atoms with Crippen molar-refractivity contribution in [1.82, 2.24) is 20.0 Å². The molecule has 0 aromatic carbocycles. The van der Waals surface area contributed by atoms with Crippen molar-refractivity contribution in [3.8, 4) is 0 Å². The largest absolute Gasteiger partial charge is 0.314 e. The van der Waals surface area contributed by atoms with Crippen molar-refractivity contribution in [3.63, 3.8) is 0 Å². The number of nitrogens with one attached hydrogen (secondary N) is 1. The Kier molecular flexibility index (Phi) is 5.68.